The van der Waals surface area contributed by atoms with Crippen LogP contribution in [0.15, 0.2) is 35.3 Å². The van der Waals surface area contributed by atoms with Crippen molar-refractivity contribution in [1.82, 2.24) is 10.6 Å². The van der Waals surface area contributed by atoms with Crippen LogP contribution in [0.3, 0.4) is 0 Å². The van der Waals surface area contributed by atoms with Crippen molar-refractivity contribution in [2.24, 2.45) is 10.9 Å². The summed E-state index contributed by atoms with van der Waals surface area (Å²) in [5.41, 5.74) is 1.27. The van der Waals surface area contributed by atoms with Crippen LogP contribution in [0.5, 0.6) is 0 Å². The second kappa shape index (κ2) is 10.9. The van der Waals surface area contributed by atoms with Gasteiger partial charge in [0.1, 0.15) is 0 Å². The number of hydrogen-bond donors (Lipinski definition) is 2. The lowest BCUT2D eigenvalue weighted by Crippen LogP contribution is -2.40. The molecule has 114 valence electrons. The molecule has 1 aromatic rings. The van der Waals surface area contributed by atoms with E-state index in [-0.39, 0.29) is 30.0 Å². The average molecular weight is 389 g/mol. The maximum atomic E-state index is 4.29. The largest absolute Gasteiger partial charge is 0.356 e. The van der Waals surface area contributed by atoms with E-state index < -0.39 is 0 Å². The lowest BCUT2D eigenvalue weighted by atomic mass is 10.0. The van der Waals surface area contributed by atoms with Gasteiger partial charge in [0, 0.05) is 13.6 Å². The fraction of sp³-hybridized carbons (Fsp3) is 0.562. The van der Waals surface area contributed by atoms with Crippen LogP contribution in [-0.2, 0) is 0 Å². The minimum absolute atomic E-state index is 0. The highest BCUT2D eigenvalue weighted by atomic mass is 127. The fourth-order valence-electron chi connectivity index (χ4n) is 2.04. The number of guanidine groups is 1. The number of benzene rings is 1. The van der Waals surface area contributed by atoms with E-state index in [1.807, 2.05) is 13.1 Å². The van der Waals surface area contributed by atoms with Crippen LogP contribution in [0.25, 0.3) is 0 Å². The summed E-state index contributed by atoms with van der Waals surface area (Å²) in [6.45, 7) is 7.60. The molecule has 0 bridgehead atoms. The minimum Gasteiger partial charge on any atom is -0.356 e. The maximum Gasteiger partial charge on any atom is 0.191 e. The van der Waals surface area contributed by atoms with E-state index in [4.69, 9.17) is 0 Å². The monoisotopic (exact) mass is 389 g/mol. The number of rotatable bonds is 6. The average Bonchev–Trinajstić information content (AvgIpc) is 2.47. The van der Waals surface area contributed by atoms with Crippen molar-refractivity contribution in [3.05, 3.63) is 35.9 Å². The third-order valence-corrected chi connectivity index (χ3v) is 3.59. The summed E-state index contributed by atoms with van der Waals surface area (Å²) in [4.78, 5) is 4.29. The van der Waals surface area contributed by atoms with Gasteiger partial charge in [-0.15, -0.1) is 24.0 Å². The number of aliphatic imine (C=N–C) groups is 1. The van der Waals surface area contributed by atoms with Gasteiger partial charge in [-0.3, -0.25) is 4.99 Å². The van der Waals surface area contributed by atoms with Crippen LogP contribution < -0.4 is 10.6 Å². The zero-order chi connectivity index (χ0) is 14.1. The Morgan fingerprint density at radius 1 is 1.15 bits per heavy atom. The quantitative estimate of drug-likeness (QED) is 0.439. The SMILES string of the molecule is CCC(CC)CNC(=NC)NC(C)c1ccccc1.I. The van der Waals surface area contributed by atoms with Crippen LogP contribution in [0.4, 0.5) is 0 Å². The van der Waals surface area contributed by atoms with E-state index in [0.717, 1.165) is 12.5 Å². The summed E-state index contributed by atoms with van der Waals surface area (Å²) in [6.07, 6.45) is 2.41. The minimum atomic E-state index is 0. The molecule has 0 fully saturated rings. The van der Waals surface area contributed by atoms with Gasteiger partial charge in [-0.05, 0) is 18.4 Å². The normalized spacial score (nSPS) is 12.8. The molecule has 0 saturated carbocycles. The third-order valence-electron chi connectivity index (χ3n) is 3.59. The van der Waals surface area contributed by atoms with Crippen molar-refractivity contribution >= 4 is 29.9 Å². The number of hydrogen-bond acceptors (Lipinski definition) is 1. The molecule has 0 aromatic heterocycles. The fourth-order valence-corrected chi connectivity index (χ4v) is 2.04. The van der Waals surface area contributed by atoms with Gasteiger partial charge in [0.05, 0.1) is 6.04 Å². The topological polar surface area (TPSA) is 36.4 Å². The second-order valence-electron chi connectivity index (χ2n) is 4.91. The molecule has 0 aliphatic heterocycles. The Hall–Kier alpha value is -0.780. The third kappa shape index (κ3) is 6.59. The Morgan fingerprint density at radius 2 is 1.75 bits per heavy atom. The second-order valence-corrected chi connectivity index (χ2v) is 4.91. The lowest BCUT2D eigenvalue weighted by Gasteiger charge is -2.20. The Morgan fingerprint density at radius 3 is 2.25 bits per heavy atom. The summed E-state index contributed by atoms with van der Waals surface area (Å²) in [6, 6.07) is 10.7. The summed E-state index contributed by atoms with van der Waals surface area (Å²) in [5, 5.41) is 6.84. The summed E-state index contributed by atoms with van der Waals surface area (Å²) < 4.78 is 0. The molecule has 0 saturated heterocycles. The lowest BCUT2D eigenvalue weighted by molar-refractivity contribution is 0.479. The Kier molecular flexibility index (Phi) is 10.5. The first-order valence-corrected chi connectivity index (χ1v) is 7.23. The first-order chi connectivity index (χ1) is 9.21. The van der Waals surface area contributed by atoms with Gasteiger partial charge in [0.2, 0.25) is 0 Å². The molecule has 3 nitrogen and oxygen atoms in total. The molecular formula is C16H28IN3. The van der Waals surface area contributed by atoms with E-state index in [0.29, 0.717) is 5.92 Å². The highest BCUT2D eigenvalue weighted by Crippen LogP contribution is 2.11. The van der Waals surface area contributed by atoms with E-state index in [1.165, 1.54) is 18.4 Å². The molecule has 2 N–H and O–H groups in total. The zero-order valence-corrected chi connectivity index (χ0v) is 15.3. The first kappa shape index (κ1) is 19.2. The predicted octanol–water partition coefficient (Wildman–Crippen LogP) is 3.97. The highest BCUT2D eigenvalue weighted by molar-refractivity contribution is 14.0. The van der Waals surface area contributed by atoms with Crippen molar-refractivity contribution in [1.29, 1.82) is 0 Å². The van der Waals surface area contributed by atoms with Gasteiger partial charge in [0.15, 0.2) is 5.96 Å². The predicted molar refractivity (Wildman–Crippen MR) is 98.8 cm³/mol. The molecule has 0 heterocycles. The molecule has 0 radical (unpaired) electrons. The molecule has 1 aromatic carbocycles. The summed E-state index contributed by atoms with van der Waals surface area (Å²) >= 11 is 0. The van der Waals surface area contributed by atoms with Crippen molar-refractivity contribution in [3.63, 3.8) is 0 Å². The van der Waals surface area contributed by atoms with Crippen molar-refractivity contribution in [2.45, 2.75) is 39.7 Å². The van der Waals surface area contributed by atoms with Gasteiger partial charge in [-0.25, -0.2) is 0 Å². The van der Waals surface area contributed by atoms with Crippen LogP contribution in [0.1, 0.15) is 45.2 Å². The summed E-state index contributed by atoms with van der Waals surface area (Å²) in [5.74, 6) is 1.59. The maximum absolute atomic E-state index is 4.29. The molecule has 0 amide bonds. The number of nitrogens with zero attached hydrogens (tertiary/aromatic N) is 1. The van der Waals surface area contributed by atoms with Crippen LogP contribution in [0.2, 0.25) is 0 Å². The standard InChI is InChI=1S/C16H27N3.HI/c1-5-14(6-2)12-18-16(17-4)19-13(3)15-10-8-7-9-11-15;/h7-11,13-14H,5-6,12H2,1-4H3,(H2,17,18,19);1H. The molecule has 1 rings (SSSR count). The smallest absolute Gasteiger partial charge is 0.191 e. The molecule has 0 aliphatic rings. The van der Waals surface area contributed by atoms with Gasteiger partial charge < -0.3 is 10.6 Å². The van der Waals surface area contributed by atoms with E-state index >= 15 is 0 Å². The first-order valence-electron chi connectivity index (χ1n) is 7.23. The van der Waals surface area contributed by atoms with Crippen molar-refractivity contribution < 1.29 is 0 Å². The Labute approximate surface area is 140 Å². The Bertz CT molecular complexity index is 375. The molecule has 0 aliphatic carbocycles. The van der Waals surface area contributed by atoms with Gasteiger partial charge in [0.25, 0.3) is 0 Å². The zero-order valence-electron chi connectivity index (χ0n) is 13.0. The molecule has 1 atom stereocenters. The van der Waals surface area contributed by atoms with Gasteiger partial charge in [-0.2, -0.15) is 0 Å². The molecule has 20 heavy (non-hydrogen) atoms. The van der Waals surface area contributed by atoms with Crippen LogP contribution in [-0.4, -0.2) is 19.6 Å². The number of nitrogens with one attached hydrogen (secondary N) is 2. The van der Waals surface area contributed by atoms with E-state index in [2.05, 4.69) is 60.7 Å². The van der Waals surface area contributed by atoms with Gasteiger partial charge in [-0.1, -0.05) is 57.0 Å². The van der Waals surface area contributed by atoms with Crippen molar-refractivity contribution in [3.8, 4) is 0 Å². The van der Waals surface area contributed by atoms with Crippen LogP contribution >= 0.6 is 24.0 Å². The van der Waals surface area contributed by atoms with Gasteiger partial charge >= 0.3 is 0 Å². The molecule has 1 unspecified atom stereocenters. The molecule has 0 spiro atoms. The summed E-state index contributed by atoms with van der Waals surface area (Å²) in [7, 11) is 1.82. The Balaban J connectivity index is 0.00000361. The molecule has 4 heteroatoms. The van der Waals surface area contributed by atoms with E-state index in [1.54, 1.807) is 0 Å². The van der Waals surface area contributed by atoms with Crippen LogP contribution in [0, 0.1) is 5.92 Å². The highest BCUT2D eigenvalue weighted by Gasteiger charge is 2.08. The number of halogens is 1. The molecular weight excluding hydrogens is 361 g/mol. The van der Waals surface area contributed by atoms with E-state index in [9.17, 15) is 0 Å². The van der Waals surface area contributed by atoms with Crippen molar-refractivity contribution in [2.75, 3.05) is 13.6 Å².